The molecule has 1 aliphatic rings. The van der Waals surface area contributed by atoms with Crippen molar-refractivity contribution in [3.8, 4) is 0 Å². The minimum absolute atomic E-state index is 0.103. The normalized spacial score (nSPS) is 15.7. The van der Waals surface area contributed by atoms with Crippen LogP contribution in [0.2, 0.25) is 0 Å². The third-order valence-corrected chi connectivity index (χ3v) is 2.87. The summed E-state index contributed by atoms with van der Waals surface area (Å²) in [5, 5.41) is 0. The molecule has 1 amide bonds. The first kappa shape index (κ1) is 12.5. The number of hydrazine groups is 1. The zero-order valence-corrected chi connectivity index (χ0v) is 10.6. The Morgan fingerprint density at radius 2 is 1.89 bits per heavy atom. The Kier molecular flexibility index (Phi) is 3.56. The van der Waals surface area contributed by atoms with Crippen LogP contribution in [-0.4, -0.2) is 51.9 Å². The third kappa shape index (κ3) is 2.65. The van der Waals surface area contributed by atoms with Gasteiger partial charge in [-0.3, -0.25) is 10.2 Å². The number of hydrogen-bond acceptors (Lipinski definition) is 7. The molecule has 8 nitrogen and oxygen atoms in total. The number of rotatable bonds is 2. The maximum Gasteiger partial charge on any atom is 0.242 e. The lowest BCUT2D eigenvalue weighted by Gasteiger charge is -2.34. The van der Waals surface area contributed by atoms with Crippen LogP contribution in [0.3, 0.4) is 0 Å². The number of carbonyl (C=O) groups excluding carboxylic acids is 1. The highest BCUT2D eigenvalue weighted by atomic mass is 16.2. The fourth-order valence-electron chi connectivity index (χ4n) is 1.90. The molecule has 98 valence electrons. The van der Waals surface area contributed by atoms with Gasteiger partial charge in [-0.05, 0) is 6.92 Å². The summed E-state index contributed by atoms with van der Waals surface area (Å²) in [5.41, 5.74) is 2.42. The zero-order chi connectivity index (χ0) is 13.1. The van der Waals surface area contributed by atoms with E-state index >= 15 is 0 Å². The van der Waals surface area contributed by atoms with Crippen LogP contribution < -0.4 is 16.2 Å². The lowest BCUT2D eigenvalue weighted by Crippen LogP contribution is -2.48. The molecule has 1 aromatic rings. The van der Waals surface area contributed by atoms with Gasteiger partial charge in [-0.2, -0.15) is 15.0 Å². The average molecular weight is 251 g/mol. The van der Waals surface area contributed by atoms with E-state index in [4.69, 9.17) is 5.84 Å². The molecule has 18 heavy (non-hydrogen) atoms. The topological polar surface area (TPSA) is 100 Å². The number of nitrogen functional groups attached to an aromatic ring is 1. The van der Waals surface area contributed by atoms with Crippen molar-refractivity contribution in [2.75, 3.05) is 36.5 Å². The van der Waals surface area contributed by atoms with Crippen molar-refractivity contribution in [2.45, 2.75) is 13.8 Å². The van der Waals surface area contributed by atoms with Crippen molar-refractivity contribution in [1.29, 1.82) is 0 Å². The van der Waals surface area contributed by atoms with Crippen LogP contribution in [0.15, 0.2) is 0 Å². The van der Waals surface area contributed by atoms with Crippen LogP contribution in [-0.2, 0) is 4.79 Å². The van der Waals surface area contributed by atoms with E-state index in [1.807, 2.05) is 9.80 Å². The Morgan fingerprint density at radius 3 is 2.44 bits per heavy atom. The van der Waals surface area contributed by atoms with Crippen molar-refractivity contribution in [3.63, 3.8) is 0 Å². The summed E-state index contributed by atoms with van der Waals surface area (Å²) in [6.45, 7) is 6.17. The van der Waals surface area contributed by atoms with Crippen LogP contribution in [0.5, 0.6) is 0 Å². The van der Waals surface area contributed by atoms with Crippen molar-refractivity contribution in [3.05, 3.63) is 5.82 Å². The number of amides is 1. The summed E-state index contributed by atoms with van der Waals surface area (Å²) in [7, 11) is 0. The fraction of sp³-hybridized carbons (Fsp3) is 0.600. The molecule has 8 heteroatoms. The van der Waals surface area contributed by atoms with Crippen molar-refractivity contribution >= 4 is 17.8 Å². The molecule has 0 atom stereocenters. The van der Waals surface area contributed by atoms with Gasteiger partial charge in [0.1, 0.15) is 5.82 Å². The van der Waals surface area contributed by atoms with Gasteiger partial charge in [0.15, 0.2) is 0 Å². The van der Waals surface area contributed by atoms with Gasteiger partial charge in [0.25, 0.3) is 0 Å². The molecule has 0 saturated carbocycles. The van der Waals surface area contributed by atoms with E-state index in [1.165, 1.54) is 0 Å². The monoisotopic (exact) mass is 251 g/mol. The molecule has 1 fully saturated rings. The minimum atomic E-state index is 0.103. The Balaban J connectivity index is 2.09. The van der Waals surface area contributed by atoms with Gasteiger partial charge < -0.3 is 9.80 Å². The molecule has 2 rings (SSSR count). The SMILES string of the molecule is CC(=O)N1CCN(c2nc(C)nc(NN)n2)CC1. The molecule has 1 saturated heterocycles. The number of piperazine rings is 1. The fourth-order valence-corrected chi connectivity index (χ4v) is 1.90. The minimum Gasteiger partial charge on any atom is -0.339 e. The van der Waals surface area contributed by atoms with Gasteiger partial charge in [-0.25, -0.2) is 5.84 Å². The van der Waals surface area contributed by atoms with E-state index in [1.54, 1.807) is 13.8 Å². The Bertz CT molecular complexity index is 442. The third-order valence-electron chi connectivity index (χ3n) is 2.87. The average Bonchev–Trinajstić information content (AvgIpc) is 2.38. The molecule has 0 aromatic carbocycles. The van der Waals surface area contributed by atoms with Crippen LogP contribution >= 0.6 is 0 Å². The Morgan fingerprint density at radius 1 is 1.22 bits per heavy atom. The van der Waals surface area contributed by atoms with Gasteiger partial charge >= 0.3 is 0 Å². The maximum absolute atomic E-state index is 11.2. The second-order valence-electron chi connectivity index (χ2n) is 4.14. The predicted octanol–water partition coefficient (Wildman–Crippen LogP) is -0.866. The van der Waals surface area contributed by atoms with Crippen LogP contribution in [0, 0.1) is 6.92 Å². The van der Waals surface area contributed by atoms with Gasteiger partial charge in [0.05, 0.1) is 0 Å². The number of nitrogens with two attached hydrogens (primary N) is 1. The second-order valence-corrected chi connectivity index (χ2v) is 4.14. The summed E-state index contributed by atoms with van der Waals surface area (Å²) in [4.78, 5) is 27.6. The van der Waals surface area contributed by atoms with Crippen molar-refractivity contribution in [2.24, 2.45) is 5.84 Å². The first-order valence-electron chi connectivity index (χ1n) is 5.80. The largest absolute Gasteiger partial charge is 0.339 e. The van der Waals surface area contributed by atoms with E-state index in [2.05, 4.69) is 20.4 Å². The molecule has 3 N–H and O–H groups in total. The van der Waals surface area contributed by atoms with Crippen molar-refractivity contribution < 1.29 is 4.79 Å². The molecular formula is C10H17N7O. The van der Waals surface area contributed by atoms with Crippen LogP contribution in [0.1, 0.15) is 12.7 Å². The number of hydrogen-bond donors (Lipinski definition) is 2. The molecule has 0 unspecified atom stereocenters. The summed E-state index contributed by atoms with van der Waals surface area (Å²) in [6, 6.07) is 0. The Hall–Kier alpha value is -1.96. The number of carbonyl (C=O) groups is 1. The second kappa shape index (κ2) is 5.13. The molecule has 0 aliphatic carbocycles. The maximum atomic E-state index is 11.2. The molecule has 0 bridgehead atoms. The Labute approximate surface area is 105 Å². The molecule has 2 heterocycles. The number of nitrogens with zero attached hydrogens (tertiary/aromatic N) is 5. The summed E-state index contributed by atoms with van der Waals surface area (Å²) in [6.07, 6.45) is 0. The molecule has 0 radical (unpaired) electrons. The smallest absolute Gasteiger partial charge is 0.242 e. The number of aryl methyl sites for hydroxylation is 1. The van der Waals surface area contributed by atoms with E-state index in [0.29, 0.717) is 43.9 Å². The predicted molar refractivity (Wildman–Crippen MR) is 66.8 cm³/mol. The lowest BCUT2D eigenvalue weighted by atomic mass is 10.3. The van der Waals surface area contributed by atoms with Crippen LogP contribution in [0.4, 0.5) is 11.9 Å². The molecule has 1 aliphatic heterocycles. The van der Waals surface area contributed by atoms with Gasteiger partial charge in [0.2, 0.25) is 17.8 Å². The van der Waals surface area contributed by atoms with Crippen molar-refractivity contribution in [1.82, 2.24) is 19.9 Å². The zero-order valence-electron chi connectivity index (χ0n) is 10.6. The van der Waals surface area contributed by atoms with E-state index < -0.39 is 0 Å². The first-order chi connectivity index (χ1) is 8.60. The summed E-state index contributed by atoms with van der Waals surface area (Å²) >= 11 is 0. The van der Waals surface area contributed by atoms with Crippen LogP contribution in [0.25, 0.3) is 0 Å². The lowest BCUT2D eigenvalue weighted by molar-refractivity contribution is -0.129. The van der Waals surface area contributed by atoms with Gasteiger partial charge in [-0.15, -0.1) is 0 Å². The van der Waals surface area contributed by atoms with E-state index in [-0.39, 0.29) is 5.91 Å². The standard InChI is InChI=1S/C10H17N7O/c1-7-12-9(15-11)14-10(13-7)17-5-3-16(4-6-17)8(2)18/h3-6,11H2,1-2H3,(H,12,13,14,15). The highest BCUT2D eigenvalue weighted by Crippen LogP contribution is 2.12. The number of nitrogens with one attached hydrogen (secondary N) is 1. The number of anilines is 2. The highest BCUT2D eigenvalue weighted by Gasteiger charge is 2.21. The van der Waals surface area contributed by atoms with E-state index in [0.717, 1.165) is 0 Å². The summed E-state index contributed by atoms with van der Waals surface area (Å²) in [5.74, 6) is 6.97. The van der Waals surface area contributed by atoms with Gasteiger partial charge in [-0.1, -0.05) is 0 Å². The van der Waals surface area contributed by atoms with E-state index in [9.17, 15) is 4.79 Å². The molecular weight excluding hydrogens is 234 g/mol. The quantitative estimate of drug-likeness (QED) is 0.520. The first-order valence-corrected chi connectivity index (χ1v) is 5.80. The molecule has 1 aromatic heterocycles. The summed E-state index contributed by atoms with van der Waals surface area (Å²) < 4.78 is 0. The highest BCUT2D eigenvalue weighted by molar-refractivity contribution is 5.73. The molecule has 0 spiro atoms. The van der Waals surface area contributed by atoms with Gasteiger partial charge in [0, 0.05) is 33.1 Å². The number of aromatic nitrogens is 3.